The zero-order valence-corrected chi connectivity index (χ0v) is 9.14. The molecular weight excluding hydrogens is 227 g/mol. The Hall–Kier alpha value is 0.110. The molecule has 0 saturated heterocycles. The summed E-state index contributed by atoms with van der Waals surface area (Å²) in [6.45, 7) is 6.01. The van der Waals surface area contributed by atoms with Crippen molar-refractivity contribution < 1.29 is 4.39 Å². The van der Waals surface area contributed by atoms with Gasteiger partial charge < -0.3 is 0 Å². The summed E-state index contributed by atoms with van der Waals surface area (Å²) in [5.41, 5.74) is 0.672. The molecule has 62 valence electrons. The summed E-state index contributed by atoms with van der Waals surface area (Å²) >= 11 is 4.47. The Balaban J connectivity index is 3.21. The minimum absolute atomic E-state index is 0.0793. The van der Waals surface area contributed by atoms with E-state index in [2.05, 4.69) is 15.9 Å². The number of rotatable bonds is 0. The topological polar surface area (TPSA) is 0 Å². The van der Waals surface area contributed by atoms with Gasteiger partial charge in [-0.2, -0.15) is 4.39 Å². The average molecular weight is 237 g/mol. The summed E-state index contributed by atoms with van der Waals surface area (Å²) in [5.74, 6) is 0. The molecule has 1 heterocycles. The maximum Gasteiger partial charge on any atom is 0.181 e. The zero-order chi connectivity index (χ0) is 8.65. The van der Waals surface area contributed by atoms with Gasteiger partial charge in [0.1, 0.15) is 0 Å². The number of hydrogen-bond acceptors (Lipinski definition) is 1. The molecule has 3 heteroatoms. The van der Waals surface area contributed by atoms with Crippen LogP contribution in [0.4, 0.5) is 4.39 Å². The molecule has 0 aliphatic heterocycles. The van der Waals surface area contributed by atoms with Crippen molar-refractivity contribution in [3.8, 4) is 0 Å². The van der Waals surface area contributed by atoms with E-state index < -0.39 is 0 Å². The normalized spacial score (nSPS) is 12.1. The van der Waals surface area contributed by atoms with Gasteiger partial charge in [-0.1, -0.05) is 20.8 Å². The molecule has 1 aromatic heterocycles. The SMILES string of the molecule is CC(C)(C)c1c(Br)csc1F. The molecule has 1 rings (SSSR count). The lowest BCUT2D eigenvalue weighted by Gasteiger charge is -2.17. The van der Waals surface area contributed by atoms with Crippen molar-refractivity contribution in [2.24, 2.45) is 0 Å². The quantitative estimate of drug-likeness (QED) is 0.640. The molecule has 0 nitrogen and oxygen atoms in total. The highest BCUT2D eigenvalue weighted by molar-refractivity contribution is 9.10. The van der Waals surface area contributed by atoms with Crippen LogP contribution >= 0.6 is 27.3 Å². The molecular formula is C8H10BrFS. The van der Waals surface area contributed by atoms with Crippen molar-refractivity contribution in [2.75, 3.05) is 0 Å². The van der Waals surface area contributed by atoms with Crippen molar-refractivity contribution in [3.05, 3.63) is 20.5 Å². The number of hydrogen-bond donors (Lipinski definition) is 0. The molecule has 0 amide bonds. The molecule has 0 atom stereocenters. The Kier molecular flexibility index (Phi) is 2.40. The van der Waals surface area contributed by atoms with Crippen LogP contribution in [0.15, 0.2) is 9.85 Å². The van der Waals surface area contributed by atoms with Gasteiger partial charge in [-0.25, -0.2) is 0 Å². The predicted molar refractivity (Wildman–Crippen MR) is 50.7 cm³/mol. The van der Waals surface area contributed by atoms with E-state index in [0.29, 0.717) is 0 Å². The molecule has 0 N–H and O–H groups in total. The molecule has 0 radical (unpaired) electrons. The summed E-state index contributed by atoms with van der Waals surface area (Å²) in [6, 6.07) is 0. The Bertz CT molecular complexity index is 240. The fourth-order valence-electron chi connectivity index (χ4n) is 0.968. The molecule has 1 aromatic rings. The summed E-state index contributed by atoms with van der Waals surface area (Å²) in [6.07, 6.45) is 0. The molecule has 11 heavy (non-hydrogen) atoms. The third-order valence-corrected chi connectivity index (χ3v) is 3.14. The summed E-state index contributed by atoms with van der Waals surface area (Å²) in [4.78, 5) is 0. The van der Waals surface area contributed by atoms with Gasteiger partial charge >= 0.3 is 0 Å². The average Bonchev–Trinajstić information content (AvgIpc) is 2.08. The summed E-state index contributed by atoms with van der Waals surface area (Å²) in [5, 5.41) is 1.71. The second kappa shape index (κ2) is 2.87. The maximum absolute atomic E-state index is 13.1. The number of halogens is 2. The second-order valence-corrected chi connectivity index (χ2v) is 5.17. The Morgan fingerprint density at radius 3 is 2.18 bits per heavy atom. The van der Waals surface area contributed by atoms with Crippen LogP contribution in [0.5, 0.6) is 0 Å². The van der Waals surface area contributed by atoms with Gasteiger partial charge in [-0.05, 0) is 21.3 Å². The van der Waals surface area contributed by atoms with E-state index in [4.69, 9.17) is 0 Å². The van der Waals surface area contributed by atoms with Crippen LogP contribution in [-0.2, 0) is 5.41 Å². The molecule has 0 bridgehead atoms. The lowest BCUT2D eigenvalue weighted by molar-refractivity contribution is 0.536. The fraction of sp³-hybridized carbons (Fsp3) is 0.500. The van der Waals surface area contributed by atoms with Gasteiger partial charge in [-0.3, -0.25) is 0 Å². The molecule has 0 aromatic carbocycles. The molecule has 0 aliphatic rings. The van der Waals surface area contributed by atoms with Crippen molar-refractivity contribution in [3.63, 3.8) is 0 Å². The van der Waals surface area contributed by atoms with Gasteiger partial charge in [0.25, 0.3) is 0 Å². The highest BCUT2D eigenvalue weighted by Crippen LogP contribution is 2.35. The Morgan fingerprint density at radius 1 is 1.45 bits per heavy atom. The highest BCUT2D eigenvalue weighted by atomic mass is 79.9. The van der Waals surface area contributed by atoms with Crippen LogP contribution in [0.3, 0.4) is 0 Å². The first-order valence-electron chi connectivity index (χ1n) is 3.36. The minimum atomic E-state index is -0.108. The first-order chi connectivity index (χ1) is 4.93. The van der Waals surface area contributed by atoms with E-state index in [1.165, 1.54) is 0 Å². The van der Waals surface area contributed by atoms with Crippen LogP contribution in [0.1, 0.15) is 26.3 Å². The van der Waals surface area contributed by atoms with Gasteiger partial charge in [0.2, 0.25) is 0 Å². The predicted octanol–water partition coefficient (Wildman–Crippen LogP) is 3.95. The van der Waals surface area contributed by atoms with Crippen LogP contribution in [-0.4, -0.2) is 0 Å². The molecule has 0 saturated carbocycles. The smallest absolute Gasteiger partial charge is 0.181 e. The summed E-state index contributed by atoms with van der Waals surface area (Å²) < 4.78 is 14.0. The third kappa shape index (κ3) is 1.82. The van der Waals surface area contributed by atoms with Gasteiger partial charge in [0, 0.05) is 15.4 Å². The van der Waals surface area contributed by atoms with E-state index in [0.717, 1.165) is 21.4 Å². The Labute approximate surface area is 78.6 Å². The minimum Gasteiger partial charge on any atom is -0.195 e. The maximum atomic E-state index is 13.1. The standard InChI is InChI=1S/C8H10BrFS/c1-8(2,3)6-5(9)4-11-7(6)10/h4H,1-3H3. The van der Waals surface area contributed by atoms with Crippen LogP contribution in [0, 0.1) is 5.13 Å². The fourth-order valence-corrected chi connectivity index (χ4v) is 3.01. The second-order valence-electron chi connectivity index (χ2n) is 3.48. The summed E-state index contributed by atoms with van der Waals surface area (Å²) in [7, 11) is 0. The van der Waals surface area contributed by atoms with Gasteiger partial charge in [-0.15, -0.1) is 11.3 Å². The van der Waals surface area contributed by atoms with Crippen LogP contribution in [0.25, 0.3) is 0 Å². The van der Waals surface area contributed by atoms with Crippen LogP contribution in [0.2, 0.25) is 0 Å². The molecule has 0 unspecified atom stereocenters. The van der Waals surface area contributed by atoms with Gasteiger partial charge in [0.05, 0.1) is 0 Å². The highest BCUT2D eigenvalue weighted by Gasteiger charge is 2.22. The lowest BCUT2D eigenvalue weighted by Crippen LogP contribution is -2.12. The number of thiophene rings is 1. The van der Waals surface area contributed by atoms with E-state index >= 15 is 0 Å². The van der Waals surface area contributed by atoms with E-state index in [-0.39, 0.29) is 10.5 Å². The van der Waals surface area contributed by atoms with Crippen LogP contribution < -0.4 is 0 Å². The first kappa shape index (κ1) is 9.20. The van der Waals surface area contributed by atoms with Gasteiger partial charge in [0.15, 0.2) is 5.13 Å². The first-order valence-corrected chi connectivity index (χ1v) is 5.03. The van der Waals surface area contributed by atoms with E-state index in [9.17, 15) is 4.39 Å². The third-order valence-electron chi connectivity index (χ3n) is 1.45. The molecule has 0 spiro atoms. The lowest BCUT2D eigenvalue weighted by atomic mass is 9.89. The molecule has 0 aliphatic carbocycles. The van der Waals surface area contributed by atoms with E-state index in [1.54, 1.807) is 5.38 Å². The largest absolute Gasteiger partial charge is 0.195 e. The van der Waals surface area contributed by atoms with Crippen molar-refractivity contribution in [1.29, 1.82) is 0 Å². The van der Waals surface area contributed by atoms with E-state index in [1.807, 2.05) is 20.8 Å². The van der Waals surface area contributed by atoms with Crippen molar-refractivity contribution in [2.45, 2.75) is 26.2 Å². The molecule has 0 fully saturated rings. The monoisotopic (exact) mass is 236 g/mol. The zero-order valence-electron chi connectivity index (χ0n) is 6.74. The van der Waals surface area contributed by atoms with Crippen molar-refractivity contribution in [1.82, 2.24) is 0 Å². The van der Waals surface area contributed by atoms with Crippen molar-refractivity contribution >= 4 is 27.3 Å². The Morgan fingerprint density at radius 2 is 2.00 bits per heavy atom.